The summed E-state index contributed by atoms with van der Waals surface area (Å²) in [4.78, 5) is 3.90. The second-order valence-corrected chi connectivity index (χ2v) is 4.14. The Morgan fingerprint density at radius 2 is 1.94 bits per heavy atom. The van der Waals surface area contributed by atoms with Crippen LogP contribution in [-0.2, 0) is 6.42 Å². The van der Waals surface area contributed by atoms with Gasteiger partial charge in [0.15, 0.2) is 0 Å². The first kappa shape index (κ1) is 11.9. The Hall–Kier alpha value is -1.54. The third kappa shape index (κ3) is 4.08. The zero-order chi connectivity index (χ0) is 11.9. The van der Waals surface area contributed by atoms with Gasteiger partial charge in [-0.15, -0.1) is 0 Å². The van der Waals surface area contributed by atoms with Crippen molar-refractivity contribution in [3.63, 3.8) is 0 Å². The molecule has 2 nitrogen and oxygen atoms in total. The summed E-state index contributed by atoms with van der Waals surface area (Å²) in [6, 6.07) is 13.9. The van der Waals surface area contributed by atoms with E-state index in [1.54, 1.807) is 12.3 Å². The molecule has 0 saturated heterocycles. The van der Waals surface area contributed by atoms with E-state index >= 15 is 0 Å². The number of rotatable bonds is 5. The number of aromatic nitrogens is 1. The van der Waals surface area contributed by atoms with Crippen LogP contribution in [0, 0.1) is 0 Å². The van der Waals surface area contributed by atoms with Crippen molar-refractivity contribution >= 4 is 11.6 Å². The fourth-order valence-corrected chi connectivity index (χ4v) is 1.75. The van der Waals surface area contributed by atoms with Crippen LogP contribution >= 0.6 is 11.6 Å². The van der Waals surface area contributed by atoms with Crippen molar-refractivity contribution < 1.29 is 4.74 Å². The van der Waals surface area contributed by atoms with Crippen LogP contribution in [0.5, 0.6) is 5.75 Å². The summed E-state index contributed by atoms with van der Waals surface area (Å²) in [7, 11) is 0. The van der Waals surface area contributed by atoms with Gasteiger partial charge in [-0.25, -0.2) is 4.98 Å². The van der Waals surface area contributed by atoms with E-state index in [0.29, 0.717) is 11.8 Å². The zero-order valence-electron chi connectivity index (χ0n) is 9.47. The first-order chi connectivity index (χ1) is 8.34. The first-order valence-electron chi connectivity index (χ1n) is 5.63. The second kappa shape index (κ2) is 6.26. The second-order valence-electron chi connectivity index (χ2n) is 3.75. The molecule has 1 aromatic heterocycles. The van der Waals surface area contributed by atoms with Crippen LogP contribution in [0.1, 0.15) is 12.0 Å². The van der Waals surface area contributed by atoms with Crippen LogP contribution in [0.15, 0.2) is 48.7 Å². The van der Waals surface area contributed by atoms with E-state index in [1.807, 2.05) is 12.1 Å². The van der Waals surface area contributed by atoms with Crippen LogP contribution < -0.4 is 4.74 Å². The van der Waals surface area contributed by atoms with Gasteiger partial charge in [0.05, 0.1) is 6.61 Å². The van der Waals surface area contributed by atoms with Crippen molar-refractivity contribution in [2.75, 3.05) is 6.61 Å². The Balaban J connectivity index is 1.73. The number of halogens is 1. The van der Waals surface area contributed by atoms with Crippen molar-refractivity contribution in [1.82, 2.24) is 4.98 Å². The molecule has 0 aliphatic rings. The van der Waals surface area contributed by atoms with Crippen molar-refractivity contribution in [2.45, 2.75) is 12.8 Å². The van der Waals surface area contributed by atoms with Crippen LogP contribution in [-0.4, -0.2) is 11.6 Å². The van der Waals surface area contributed by atoms with Gasteiger partial charge in [-0.2, -0.15) is 0 Å². The number of benzene rings is 1. The summed E-state index contributed by atoms with van der Waals surface area (Å²) < 4.78 is 5.58. The lowest BCUT2D eigenvalue weighted by Crippen LogP contribution is -1.99. The zero-order valence-corrected chi connectivity index (χ0v) is 10.2. The number of nitrogens with zero attached hydrogens (tertiary/aromatic N) is 1. The summed E-state index contributed by atoms with van der Waals surface area (Å²) in [5.74, 6) is 0.776. The maximum atomic E-state index is 5.76. The lowest BCUT2D eigenvalue weighted by atomic mass is 10.1. The molecular formula is C14H14ClNO. The molecule has 0 atom stereocenters. The lowest BCUT2D eigenvalue weighted by Gasteiger charge is -2.06. The van der Waals surface area contributed by atoms with Crippen molar-refractivity contribution in [3.05, 3.63) is 59.4 Å². The third-order valence-corrected chi connectivity index (χ3v) is 2.63. The predicted molar refractivity (Wildman–Crippen MR) is 69.5 cm³/mol. The fraction of sp³-hybridized carbons (Fsp3) is 0.214. The first-order valence-corrected chi connectivity index (χ1v) is 6.01. The number of ether oxygens (including phenoxy) is 1. The molecule has 1 aromatic carbocycles. The summed E-state index contributed by atoms with van der Waals surface area (Å²) in [6.45, 7) is 0.690. The van der Waals surface area contributed by atoms with Gasteiger partial charge in [-0.1, -0.05) is 41.9 Å². The molecule has 0 radical (unpaired) electrons. The molecule has 0 fully saturated rings. The third-order valence-electron chi connectivity index (χ3n) is 2.42. The Labute approximate surface area is 106 Å². The highest BCUT2D eigenvalue weighted by atomic mass is 35.5. The molecule has 2 aromatic rings. The highest BCUT2D eigenvalue weighted by Crippen LogP contribution is 2.14. The summed E-state index contributed by atoms with van der Waals surface area (Å²) in [5, 5.41) is 0.463. The van der Waals surface area contributed by atoms with E-state index in [4.69, 9.17) is 16.3 Å². The smallest absolute Gasteiger partial charge is 0.132 e. The molecule has 17 heavy (non-hydrogen) atoms. The van der Waals surface area contributed by atoms with Crippen LogP contribution in [0.4, 0.5) is 0 Å². The van der Waals surface area contributed by atoms with E-state index in [1.165, 1.54) is 5.56 Å². The summed E-state index contributed by atoms with van der Waals surface area (Å²) in [5.41, 5.74) is 1.34. The topological polar surface area (TPSA) is 22.1 Å². The molecule has 0 saturated carbocycles. The highest BCUT2D eigenvalue weighted by molar-refractivity contribution is 6.29. The van der Waals surface area contributed by atoms with Gasteiger partial charge in [-0.05, 0) is 24.5 Å². The average Bonchev–Trinajstić information content (AvgIpc) is 2.36. The Bertz CT molecular complexity index is 459. The van der Waals surface area contributed by atoms with Crippen molar-refractivity contribution in [3.8, 4) is 5.75 Å². The van der Waals surface area contributed by atoms with Crippen LogP contribution in [0.3, 0.4) is 0 Å². The predicted octanol–water partition coefficient (Wildman–Crippen LogP) is 3.75. The molecule has 0 bridgehead atoms. The van der Waals surface area contributed by atoms with Gasteiger partial charge < -0.3 is 4.74 Å². The molecule has 0 unspecified atom stereocenters. The standard InChI is InChI=1S/C14H14ClNO/c15-14-11-13(8-9-16-14)17-10-4-7-12-5-2-1-3-6-12/h1-3,5-6,8-9,11H,4,7,10H2. The van der Waals surface area contributed by atoms with Gasteiger partial charge in [-0.3, -0.25) is 0 Å². The molecule has 1 heterocycles. The van der Waals surface area contributed by atoms with Gasteiger partial charge >= 0.3 is 0 Å². The highest BCUT2D eigenvalue weighted by Gasteiger charge is 1.96. The van der Waals surface area contributed by atoms with E-state index in [-0.39, 0.29) is 0 Å². The van der Waals surface area contributed by atoms with Gasteiger partial charge in [0.1, 0.15) is 10.9 Å². The van der Waals surface area contributed by atoms with Gasteiger partial charge in [0, 0.05) is 12.3 Å². The maximum Gasteiger partial charge on any atom is 0.132 e. The minimum Gasteiger partial charge on any atom is -0.493 e. The molecular weight excluding hydrogens is 234 g/mol. The molecule has 0 spiro atoms. The molecule has 2 rings (SSSR count). The fourth-order valence-electron chi connectivity index (χ4n) is 1.59. The SMILES string of the molecule is Clc1cc(OCCCc2ccccc2)ccn1. The molecule has 0 aliphatic heterocycles. The van der Waals surface area contributed by atoms with E-state index < -0.39 is 0 Å². The molecule has 0 amide bonds. The molecule has 88 valence electrons. The van der Waals surface area contributed by atoms with E-state index in [0.717, 1.165) is 18.6 Å². The number of aryl methyl sites for hydroxylation is 1. The lowest BCUT2D eigenvalue weighted by molar-refractivity contribution is 0.310. The van der Waals surface area contributed by atoms with Crippen LogP contribution in [0.2, 0.25) is 5.15 Å². The normalized spacial score (nSPS) is 10.2. The van der Waals surface area contributed by atoms with Crippen LogP contribution in [0.25, 0.3) is 0 Å². The summed E-state index contributed by atoms with van der Waals surface area (Å²) >= 11 is 5.76. The summed E-state index contributed by atoms with van der Waals surface area (Å²) in [6.07, 6.45) is 3.67. The van der Waals surface area contributed by atoms with E-state index in [9.17, 15) is 0 Å². The molecule has 3 heteroatoms. The van der Waals surface area contributed by atoms with Gasteiger partial charge in [0.2, 0.25) is 0 Å². The largest absolute Gasteiger partial charge is 0.493 e. The Kier molecular flexibility index (Phi) is 4.39. The minimum absolute atomic E-state index is 0.463. The Morgan fingerprint density at radius 1 is 1.12 bits per heavy atom. The quantitative estimate of drug-likeness (QED) is 0.593. The van der Waals surface area contributed by atoms with Gasteiger partial charge in [0.25, 0.3) is 0 Å². The number of hydrogen-bond donors (Lipinski definition) is 0. The number of hydrogen-bond acceptors (Lipinski definition) is 2. The van der Waals surface area contributed by atoms with Crippen molar-refractivity contribution in [1.29, 1.82) is 0 Å². The van der Waals surface area contributed by atoms with Crippen molar-refractivity contribution in [2.24, 2.45) is 0 Å². The minimum atomic E-state index is 0.463. The average molecular weight is 248 g/mol. The number of pyridine rings is 1. The molecule has 0 aliphatic carbocycles. The maximum absolute atomic E-state index is 5.76. The molecule has 0 N–H and O–H groups in total. The monoisotopic (exact) mass is 247 g/mol. The van der Waals surface area contributed by atoms with E-state index in [2.05, 4.69) is 29.2 Å². The Morgan fingerprint density at radius 3 is 2.71 bits per heavy atom.